The maximum absolute atomic E-state index is 13.4. The van der Waals surface area contributed by atoms with Gasteiger partial charge in [0.2, 0.25) is 5.91 Å². The summed E-state index contributed by atoms with van der Waals surface area (Å²) in [6, 6.07) is 14.0. The van der Waals surface area contributed by atoms with Crippen molar-refractivity contribution in [2.24, 2.45) is 0 Å². The first kappa shape index (κ1) is 17.2. The number of carbonyl (C=O) groups is 1. The van der Waals surface area contributed by atoms with Crippen LogP contribution in [-0.4, -0.2) is 24.0 Å². The average molecular weight is 356 g/mol. The molecule has 0 fully saturated rings. The van der Waals surface area contributed by atoms with E-state index in [0.717, 1.165) is 10.6 Å². The van der Waals surface area contributed by atoms with Gasteiger partial charge in [-0.1, -0.05) is 23.7 Å². The summed E-state index contributed by atoms with van der Waals surface area (Å²) in [7, 11) is 0. The molecule has 0 bridgehead atoms. The molecule has 116 valence electrons. The van der Waals surface area contributed by atoms with Crippen LogP contribution in [0.4, 0.5) is 4.39 Å². The van der Waals surface area contributed by atoms with Crippen LogP contribution in [0.3, 0.4) is 0 Å². The molecule has 0 heterocycles. The number of amides is 1. The molecule has 2 nitrogen and oxygen atoms in total. The zero-order valence-corrected chi connectivity index (χ0v) is 14.1. The van der Waals surface area contributed by atoms with Crippen molar-refractivity contribution in [2.75, 3.05) is 18.1 Å². The molecule has 1 N–H and O–H groups in total. The van der Waals surface area contributed by atoms with Crippen LogP contribution in [0, 0.1) is 5.82 Å². The maximum Gasteiger partial charge on any atom is 0.230 e. The predicted octanol–water partition coefficient (Wildman–Crippen LogP) is 4.48. The van der Waals surface area contributed by atoms with Crippen molar-refractivity contribution in [3.8, 4) is 0 Å². The minimum absolute atomic E-state index is 0.0926. The summed E-state index contributed by atoms with van der Waals surface area (Å²) in [5.74, 6) is 0.605. The van der Waals surface area contributed by atoms with E-state index in [0.29, 0.717) is 16.5 Å². The van der Waals surface area contributed by atoms with Gasteiger partial charge in [0.25, 0.3) is 0 Å². The predicted molar refractivity (Wildman–Crippen MR) is 92.3 cm³/mol. The van der Waals surface area contributed by atoms with Crippen molar-refractivity contribution in [2.45, 2.75) is 9.79 Å². The Kier molecular flexibility index (Phi) is 7.09. The fourth-order valence-corrected chi connectivity index (χ4v) is 3.31. The molecular weight excluding hydrogens is 341 g/mol. The van der Waals surface area contributed by atoms with Gasteiger partial charge >= 0.3 is 0 Å². The number of thioether (sulfide) groups is 2. The monoisotopic (exact) mass is 355 g/mol. The van der Waals surface area contributed by atoms with Crippen LogP contribution in [0.2, 0.25) is 5.02 Å². The molecule has 2 aromatic rings. The third-order valence-electron chi connectivity index (χ3n) is 2.70. The fraction of sp³-hybridized carbons (Fsp3) is 0.188. The SMILES string of the molecule is O=C(CSc1ccccc1F)NCCSc1ccc(Cl)cc1. The Morgan fingerprint density at radius 1 is 1.09 bits per heavy atom. The van der Waals surface area contributed by atoms with Crippen LogP contribution in [0.5, 0.6) is 0 Å². The average Bonchev–Trinajstić information content (AvgIpc) is 2.52. The zero-order chi connectivity index (χ0) is 15.8. The highest BCUT2D eigenvalue weighted by Gasteiger charge is 2.05. The number of hydrogen-bond acceptors (Lipinski definition) is 3. The van der Waals surface area contributed by atoms with Crippen LogP contribution >= 0.6 is 35.1 Å². The van der Waals surface area contributed by atoms with Gasteiger partial charge in [-0.2, -0.15) is 0 Å². The Hall–Kier alpha value is -1.17. The Morgan fingerprint density at radius 2 is 1.82 bits per heavy atom. The smallest absolute Gasteiger partial charge is 0.230 e. The summed E-state index contributed by atoms with van der Waals surface area (Å²) < 4.78 is 13.4. The standard InChI is InChI=1S/C16H15ClFNOS2/c17-12-5-7-13(8-6-12)21-10-9-19-16(20)11-22-15-4-2-1-3-14(15)18/h1-8H,9-11H2,(H,19,20). The van der Waals surface area contributed by atoms with Crippen LogP contribution in [0.1, 0.15) is 0 Å². The lowest BCUT2D eigenvalue weighted by molar-refractivity contribution is -0.118. The van der Waals surface area contributed by atoms with E-state index < -0.39 is 0 Å². The quantitative estimate of drug-likeness (QED) is 0.586. The Labute approximate surface area is 142 Å². The molecule has 6 heteroatoms. The van der Waals surface area contributed by atoms with E-state index in [1.807, 2.05) is 24.3 Å². The topological polar surface area (TPSA) is 29.1 Å². The first-order valence-electron chi connectivity index (χ1n) is 6.67. The molecule has 0 aliphatic carbocycles. The van der Waals surface area contributed by atoms with E-state index in [4.69, 9.17) is 11.6 Å². The first-order chi connectivity index (χ1) is 10.6. The first-order valence-corrected chi connectivity index (χ1v) is 9.02. The number of halogens is 2. The second kappa shape index (κ2) is 9.08. The number of benzene rings is 2. The summed E-state index contributed by atoms with van der Waals surface area (Å²) in [6.07, 6.45) is 0. The van der Waals surface area contributed by atoms with E-state index in [1.165, 1.54) is 17.8 Å². The highest BCUT2D eigenvalue weighted by molar-refractivity contribution is 8.00. The number of hydrogen-bond donors (Lipinski definition) is 1. The zero-order valence-electron chi connectivity index (χ0n) is 11.7. The number of carbonyl (C=O) groups excluding carboxylic acids is 1. The van der Waals surface area contributed by atoms with Crippen molar-refractivity contribution in [1.29, 1.82) is 0 Å². The molecule has 1 amide bonds. The van der Waals surface area contributed by atoms with E-state index in [2.05, 4.69) is 5.32 Å². The highest BCUT2D eigenvalue weighted by Crippen LogP contribution is 2.21. The van der Waals surface area contributed by atoms with Crippen LogP contribution in [0.15, 0.2) is 58.3 Å². The third-order valence-corrected chi connectivity index (χ3v) is 5.02. The molecule has 0 aromatic heterocycles. The van der Waals surface area contributed by atoms with Gasteiger partial charge in [-0.05, 0) is 36.4 Å². The molecule has 0 saturated carbocycles. The highest BCUT2D eigenvalue weighted by atomic mass is 35.5. The summed E-state index contributed by atoms with van der Waals surface area (Å²) in [6.45, 7) is 0.573. The van der Waals surface area contributed by atoms with Crippen molar-refractivity contribution >= 4 is 41.0 Å². The molecule has 2 aromatic carbocycles. The molecule has 0 unspecified atom stereocenters. The van der Waals surface area contributed by atoms with E-state index in [1.54, 1.807) is 30.0 Å². The maximum atomic E-state index is 13.4. The summed E-state index contributed by atoms with van der Waals surface area (Å²) in [5, 5.41) is 3.54. The van der Waals surface area contributed by atoms with Crippen molar-refractivity contribution < 1.29 is 9.18 Å². The number of nitrogens with one attached hydrogen (secondary N) is 1. The second-order valence-electron chi connectivity index (χ2n) is 4.37. The van der Waals surface area contributed by atoms with Gasteiger partial charge in [0.15, 0.2) is 0 Å². The van der Waals surface area contributed by atoms with E-state index in [-0.39, 0.29) is 17.5 Å². The molecule has 0 aliphatic rings. The molecular formula is C16H15ClFNOS2. The van der Waals surface area contributed by atoms with Crippen LogP contribution in [-0.2, 0) is 4.79 Å². The van der Waals surface area contributed by atoms with E-state index >= 15 is 0 Å². The van der Waals surface area contributed by atoms with E-state index in [9.17, 15) is 9.18 Å². The largest absolute Gasteiger partial charge is 0.355 e. The lowest BCUT2D eigenvalue weighted by Gasteiger charge is -2.06. The normalized spacial score (nSPS) is 10.5. The molecule has 2 rings (SSSR count). The Bertz CT molecular complexity index is 622. The van der Waals surface area contributed by atoms with Gasteiger partial charge in [0, 0.05) is 27.1 Å². The van der Waals surface area contributed by atoms with Crippen molar-refractivity contribution in [3.63, 3.8) is 0 Å². The minimum atomic E-state index is -0.293. The van der Waals surface area contributed by atoms with Crippen LogP contribution < -0.4 is 5.32 Å². The fourth-order valence-electron chi connectivity index (χ4n) is 1.65. The molecule has 0 aliphatic heterocycles. The van der Waals surface area contributed by atoms with Gasteiger partial charge in [-0.25, -0.2) is 4.39 Å². The number of rotatable bonds is 7. The van der Waals surface area contributed by atoms with Crippen molar-refractivity contribution in [1.82, 2.24) is 5.32 Å². The molecule has 22 heavy (non-hydrogen) atoms. The lowest BCUT2D eigenvalue weighted by atomic mass is 10.3. The van der Waals surface area contributed by atoms with Gasteiger partial charge in [0.1, 0.15) is 5.82 Å². The van der Waals surface area contributed by atoms with Gasteiger partial charge < -0.3 is 5.32 Å². The lowest BCUT2D eigenvalue weighted by Crippen LogP contribution is -2.27. The second-order valence-corrected chi connectivity index (χ2v) is 6.99. The Balaban J connectivity index is 1.64. The van der Waals surface area contributed by atoms with Crippen LogP contribution in [0.25, 0.3) is 0 Å². The van der Waals surface area contributed by atoms with Gasteiger partial charge in [-0.15, -0.1) is 23.5 Å². The summed E-state index contributed by atoms with van der Waals surface area (Å²) in [4.78, 5) is 13.3. The van der Waals surface area contributed by atoms with Gasteiger partial charge in [0.05, 0.1) is 5.75 Å². The Morgan fingerprint density at radius 3 is 2.55 bits per heavy atom. The molecule has 0 saturated heterocycles. The van der Waals surface area contributed by atoms with Gasteiger partial charge in [-0.3, -0.25) is 4.79 Å². The molecule has 0 spiro atoms. The molecule has 0 radical (unpaired) electrons. The minimum Gasteiger partial charge on any atom is -0.355 e. The van der Waals surface area contributed by atoms with Crippen molar-refractivity contribution in [3.05, 3.63) is 59.4 Å². The third kappa shape index (κ3) is 5.91. The summed E-state index contributed by atoms with van der Waals surface area (Å²) in [5.41, 5.74) is 0. The molecule has 0 atom stereocenters. The summed E-state index contributed by atoms with van der Waals surface area (Å²) >= 11 is 8.67.